The summed E-state index contributed by atoms with van der Waals surface area (Å²) in [7, 11) is 0. The summed E-state index contributed by atoms with van der Waals surface area (Å²) in [5.41, 5.74) is 9.92. The number of hydrogen-bond donors (Lipinski definition) is 1. The summed E-state index contributed by atoms with van der Waals surface area (Å²) >= 11 is 0. The van der Waals surface area contributed by atoms with Gasteiger partial charge in [0.15, 0.2) is 0 Å². The van der Waals surface area contributed by atoms with Crippen LogP contribution in [-0.4, -0.2) is 9.78 Å². The van der Waals surface area contributed by atoms with Crippen LogP contribution in [0.15, 0.2) is 29.1 Å². The first-order valence-electron chi connectivity index (χ1n) is 5.90. The van der Waals surface area contributed by atoms with E-state index in [9.17, 15) is 4.79 Å². The summed E-state index contributed by atoms with van der Waals surface area (Å²) in [6.07, 6.45) is 0. The maximum absolute atomic E-state index is 11.6. The molecular weight excluding hydrogens is 226 g/mol. The number of aryl methyl sites for hydroxylation is 3. The van der Waals surface area contributed by atoms with Gasteiger partial charge in [-0.1, -0.05) is 6.07 Å². The monoisotopic (exact) mass is 243 g/mol. The molecule has 0 bridgehead atoms. The van der Waals surface area contributed by atoms with Crippen molar-refractivity contribution >= 4 is 0 Å². The number of hydrogen-bond acceptors (Lipinski definition) is 3. The predicted molar refractivity (Wildman–Crippen MR) is 71.9 cm³/mol. The zero-order valence-corrected chi connectivity index (χ0v) is 10.9. The molecule has 2 rings (SSSR count). The highest BCUT2D eigenvalue weighted by Gasteiger charge is 2.07. The van der Waals surface area contributed by atoms with Gasteiger partial charge in [-0.25, -0.2) is 4.68 Å². The van der Waals surface area contributed by atoms with Gasteiger partial charge in [-0.2, -0.15) is 5.10 Å². The Balaban J connectivity index is 2.66. The van der Waals surface area contributed by atoms with Gasteiger partial charge in [0.1, 0.15) is 5.69 Å². The lowest BCUT2D eigenvalue weighted by Crippen LogP contribution is -2.21. The maximum atomic E-state index is 11.6. The molecule has 0 aliphatic rings. The third-order valence-electron chi connectivity index (χ3n) is 2.82. The van der Waals surface area contributed by atoms with Gasteiger partial charge in [0, 0.05) is 18.3 Å². The molecule has 1 aromatic heterocycles. The van der Waals surface area contributed by atoms with E-state index in [-0.39, 0.29) is 12.0 Å². The van der Waals surface area contributed by atoms with Crippen LogP contribution in [-0.2, 0) is 6.54 Å². The Morgan fingerprint density at radius 3 is 2.28 bits per heavy atom. The third-order valence-corrected chi connectivity index (χ3v) is 2.82. The minimum Gasteiger partial charge on any atom is -0.325 e. The zero-order chi connectivity index (χ0) is 13.3. The van der Waals surface area contributed by atoms with Crippen LogP contribution in [0.2, 0.25) is 0 Å². The fourth-order valence-electron chi connectivity index (χ4n) is 2.06. The lowest BCUT2D eigenvalue weighted by atomic mass is 10.1. The number of aromatic nitrogens is 2. The summed E-state index contributed by atoms with van der Waals surface area (Å²) in [6, 6.07) is 7.76. The van der Waals surface area contributed by atoms with Crippen molar-refractivity contribution in [3.8, 4) is 5.69 Å². The molecule has 0 spiro atoms. The zero-order valence-electron chi connectivity index (χ0n) is 10.9. The molecule has 18 heavy (non-hydrogen) atoms. The Morgan fingerprint density at radius 1 is 1.11 bits per heavy atom. The van der Waals surface area contributed by atoms with Crippen molar-refractivity contribution in [1.82, 2.24) is 9.78 Å². The lowest BCUT2D eigenvalue weighted by Gasteiger charge is -2.12. The number of nitrogens with two attached hydrogens (primary N) is 1. The summed E-state index contributed by atoms with van der Waals surface area (Å²) in [4.78, 5) is 11.6. The fraction of sp³-hybridized carbons (Fsp3) is 0.286. The first-order valence-corrected chi connectivity index (χ1v) is 5.90. The second kappa shape index (κ2) is 4.74. The van der Waals surface area contributed by atoms with Crippen molar-refractivity contribution in [2.24, 2.45) is 5.73 Å². The molecule has 0 atom stereocenters. The molecule has 1 heterocycles. The predicted octanol–water partition coefficient (Wildman–Crippen LogP) is 1.62. The minimum atomic E-state index is -0.101. The largest absolute Gasteiger partial charge is 0.325 e. The van der Waals surface area contributed by atoms with Gasteiger partial charge >= 0.3 is 0 Å². The average Bonchev–Trinajstić information content (AvgIpc) is 2.27. The van der Waals surface area contributed by atoms with Crippen LogP contribution in [0.3, 0.4) is 0 Å². The van der Waals surface area contributed by atoms with Crippen LogP contribution in [0.5, 0.6) is 0 Å². The molecule has 0 radical (unpaired) electrons. The molecule has 0 saturated heterocycles. The number of benzene rings is 1. The van der Waals surface area contributed by atoms with Crippen LogP contribution >= 0.6 is 0 Å². The molecule has 2 aromatic rings. The Morgan fingerprint density at radius 2 is 1.72 bits per heavy atom. The second-order valence-electron chi connectivity index (χ2n) is 4.56. The van der Waals surface area contributed by atoms with E-state index in [0.29, 0.717) is 5.69 Å². The van der Waals surface area contributed by atoms with E-state index >= 15 is 0 Å². The molecule has 0 aliphatic heterocycles. The molecule has 94 valence electrons. The van der Waals surface area contributed by atoms with Gasteiger partial charge in [-0.15, -0.1) is 0 Å². The Hall–Kier alpha value is -1.94. The molecule has 4 heteroatoms. The molecule has 0 saturated carbocycles. The van der Waals surface area contributed by atoms with Crippen molar-refractivity contribution < 1.29 is 0 Å². The van der Waals surface area contributed by atoms with Crippen LogP contribution in [0.25, 0.3) is 5.69 Å². The molecule has 0 fully saturated rings. The van der Waals surface area contributed by atoms with E-state index < -0.39 is 0 Å². The number of nitrogens with zero attached hydrogens (tertiary/aromatic N) is 2. The fourth-order valence-corrected chi connectivity index (χ4v) is 2.06. The van der Waals surface area contributed by atoms with Gasteiger partial charge in [0.2, 0.25) is 5.43 Å². The smallest absolute Gasteiger partial charge is 0.204 e. The van der Waals surface area contributed by atoms with Crippen molar-refractivity contribution in [1.29, 1.82) is 0 Å². The van der Waals surface area contributed by atoms with E-state index in [0.717, 1.165) is 11.4 Å². The first kappa shape index (κ1) is 12.5. The van der Waals surface area contributed by atoms with Crippen molar-refractivity contribution in [2.75, 3.05) is 0 Å². The van der Waals surface area contributed by atoms with Crippen molar-refractivity contribution in [3.63, 3.8) is 0 Å². The Bertz CT molecular complexity index is 624. The average molecular weight is 243 g/mol. The quantitative estimate of drug-likeness (QED) is 0.871. The van der Waals surface area contributed by atoms with Gasteiger partial charge in [0.05, 0.1) is 5.69 Å². The van der Waals surface area contributed by atoms with Crippen molar-refractivity contribution in [2.45, 2.75) is 27.3 Å². The van der Waals surface area contributed by atoms with Gasteiger partial charge in [-0.05, 0) is 44.0 Å². The Kier molecular flexibility index (Phi) is 3.30. The molecule has 1 aromatic carbocycles. The molecular formula is C14H17N3O. The van der Waals surface area contributed by atoms with Crippen LogP contribution in [0.1, 0.15) is 22.5 Å². The SMILES string of the molecule is Cc1cc(C)cc(-n2nc(CN)c(=O)cc2C)c1. The van der Waals surface area contributed by atoms with E-state index in [1.165, 1.54) is 11.1 Å². The summed E-state index contributed by atoms with van der Waals surface area (Å²) in [5.74, 6) is 0. The van der Waals surface area contributed by atoms with E-state index in [1.807, 2.05) is 32.9 Å². The highest BCUT2D eigenvalue weighted by Crippen LogP contribution is 2.13. The first-order chi connectivity index (χ1) is 8.51. The van der Waals surface area contributed by atoms with E-state index in [4.69, 9.17) is 5.73 Å². The van der Waals surface area contributed by atoms with Crippen LogP contribution < -0.4 is 11.2 Å². The summed E-state index contributed by atoms with van der Waals surface area (Å²) in [6.45, 7) is 6.10. The maximum Gasteiger partial charge on any atom is 0.204 e. The molecule has 2 N–H and O–H groups in total. The normalized spacial score (nSPS) is 10.7. The topological polar surface area (TPSA) is 60.9 Å². The Labute approximate surface area is 106 Å². The molecule has 0 unspecified atom stereocenters. The standard InChI is InChI=1S/C14H17N3O/c1-9-4-10(2)6-12(5-9)17-11(3)7-14(18)13(8-15)16-17/h4-7H,8,15H2,1-3H3. The highest BCUT2D eigenvalue weighted by molar-refractivity contribution is 5.39. The molecule has 4 nitrogen and oxygen atoms in total. The van der Waals surface area contributed by atoms with E-state index in [2.05, 4.69) is 11.2 Å². The highest BCUT2D eigenvalue weighted by atomic mass is 16.1. The van der Waals surface area contributed by atoms with Gasteiger partial charge in [0.25, 0.3) is 0 Å². The van der Waals surface area contributed by atoms with Gasteiger partial charge < -0.3 is 5.73 Å². The summed E-state index contributed by atoms with van der Waals surface area (Å²) in [5, 5.41) is 4.32. The summed E-state index contributed by atoms with van der Waals surface area (Å²) < 4.78 is 1.77. The van der Waals surface area contributed by atoms with Crippen LogP contribution in [0.4, 0.5) is 0 Å². The molecule has 0 amide bonds. The lowest BCUT2D eigenvalue weighted by molar-refractivity contribution is 0.749. The second-order valence-corrected chi connectivity index (χ2v) is 4.56. The third kappa shape index (κ3) is 2.33. The van der Waals surface area contributed by atoms with E-state index in [1.54, 1.807) is 10.7 Å². The molecule has 0 aliphatic carbocycles. The van der Waals surface area contributed by atoms with Crippen molar-refractivity contribution in [3.05, 3.63) is 57.0 Å². The number of rotatable bonds is 2. The minimum absolute atomic E-state index is 0.101. The van der Waals surface area contributed by atoms with Crippen LogP contribution in [0, 0.1) is 20.8 Å². The van der Waals surface area contributed by atoms with Gasteiger partial charge in [-0.3, -0.25) is 4.79 Å².